The second-order valence-electron chi connectivity index (χ2n) is 7.72. The third-order valence-electron chi connectivity index (χ3n) is 5.80. The molecule has 2 aliphatic carbocycles. The van der Waals surface area contributed by atoms with Crippen molar-refractivity contribution < 1.29 is 13.2 Å². The van der Waals surface area contributed by atoms with E-state index in [1.807, 2.05) is 6.92 Å². The fraction of sp³-hybridized carbons (Fsp3) is 0.381. The molecule has 0 spiro atoms. The second kappa shape index (κ2) is 7.00. The molecule has 2 saturated carbocycles. The van der Waals surface area contributed by atoms with Crippen molar-refractivity contribution in [1.29, 1.82) is 0 Å². The number of carbonyl (C=O) groups excluding carboxylic acids is 1. The van der Waals surface area contributed by atoms with E-state index in [1.165, 1.54) is 19.3 Å². The third kappa shape index (κ3) is 3.72. The van der Waals surface area contributed by atoms with Gasteiger partial charge in [-0.3, -0.25) is 9.52 Å². The number of aryl methyl sites for hydroxylation is 1. The highest BCUT2D eigenvalue weighted by molar-refractivity contribution is 7.92. The van der Waals surface area contributed by atoms with Gasteiger partial charge in [-0.05, 0) is 62.3 Å². The molecule has 2 aromatic carbocycles. The van der Waals surface area contributed by atoms with Crippen LogP contribution in [0.5, 0.6) is 0 Å². The van der Waals surface area contributed by atoms with E-state index in [9.17, 15) is 13.2 Å². The Morgan fingerprint density at radius 1 is 1.00 bits per heavy atom. The summed E-state index contributed by atoms with van der Waals surface area (Å²) < 4.78 is 28.0. The maximum absolute atomic E-state index is 12.8. The molecule has 2 bridgehead atoms. The van der Waals surface area contributed by atoms with E-state index in [4.69, 9.17) is 0 Å². The smallest absolute Gasteiger partial charge is 0.261 e. The number of hydrogen-bond donors (Lipinski definition) is 2. The minimum atomic E-state index is -3.75. The molecule has 4 rings (SSSR count). The zero-order chi connectivity index (χ0) is 19.0. The second-order valence-corrected chi connectivity index (χ2v) is 9.40. The first-order chi connectivity index (χ1) is 12.9. The number of benzene rings is 2. The molecular weight excluding hydrogens is 360 g/mol. The number of nitrogens with one attached hydrogen (secondary N) is 2. The monoisotopic (exact) mass is 384 g/mol. The number of anilines is 1. The highest BCUT2D eigenvalue weighted by Crippen LogP contribution is 2.44. The van der Waals surface area contributed by atoms with Crippen molar-refractivity contribution in [2.24, 2.45) is 11.8 Å². The Labute approximate surface area is 160 Å². The molecule has 0 radical (unpaired) electrons. The lowest BCUT2D eigenvalue weighted by Crippen LogP contribution is -2.38. The van der Waals surface area contributed by atoms with Gasteiger partial charge in [-0.2, -0.15) is 0 Å². The lowest BCUT2D eigenvalue weighted by molar-refractivity contribution is 0.0924. The SMILES string of the molecule is Cc1ccc(S(=O)(=O)Nc2ccccc2C(=O)NC2CC3CCC2C3)cc1. The van der Waals surface area contributed by atoms with E-state index < -0.39 is 10.0 Å². The van der Waals surface area contributed by atoms with Crippen LogP contribution < -0.4 is 10.0 Å². The quantitative estimate of drug-likeness (QED) is 0.825. The predicted octanol–water partition coefficient (Wildman–Crippen LogP) is 3.71. The number of hydrogen-bond acceptors (Lipinski definition) is 3. The highest BCUT2D eigenvalue weighted by atomic mass is 32.2. The van der Waals surface area contributed by atoms with Gasteiger partial charge >= 0.3 is 0 Å². The lowest BCUT2D eigenvalue weighted by Gasteiger charge is -2.23. The fourth-order valence-electron chi connectivity index (χ4n) is 4.36. The summed E-state index contributed by atoms with van der Waals surface area (Å²) in [5, 5.41) is 3.13. The Hall–Kier alpha value is -2.34. The van der Waals surface area contributed by atoms with E-state index >= 15 is 0 Å². The molecular formula is C21H24N2O3S. The minimum Gasteiger partial charge on any atom is -0.349 e. The van der Waals surface area contributed by atoms with E-state index in [1.54, 1.807) is 48.5 Å². The number of para-hydroxylation sites is 1. The molecule has 5 nitrogen and oxygen atoms in total. The van der Waals surface area contributed by atoms with Crippen LogP contribution in [-0.2, 0) is 10.0 Å². The van der Waals surface area contributed by atoms with Crippen molar-refractivity contribution in [2.45, 2.75) is 43.5 Å². The topological polar surface area (TPSA) is 75.3 Å². The maximum atomic E-state index is 12.8. The molecule has 1 amide bonds. The van der Waals surface area contributed by atoms with Gasteiger partial charge in [0.25, 0.3) is 15.9 Å². The summed E-state index contributed by atoms with van der Waals surface area (Å²) in [6.45, 7) is 1.90. The first-order valence-electron chi connectivity index (χ1n) is 9.42. The van der Waals surface area contributed by atoms with Crippen molar-refractivity contribution in [2.75, 3.05) is 4.72 Å². The molecule has 27 heavy (non-hydrogen) atoms. The number of rotatable bonds is 5. The molecule has 6 heteroatoms. The first-order valence-corrected chi connectivity index (χ1v) is 10.9. The summed E-state index contributed by atoms with van der Waals surface area (Å²) >= 11 is 0. The zero-order valence-corrected chi connectivity index (χ0v) is 16.1. The summed E-state index contributed by atoms with van der Waals surface area (Å²) in [5.74, 6) is 1.08. The standard InChI is InChI=1S/C21H24N2O3S/c1-14-6-10-17(11-7-14)27(25,26)23-19-5-3-2-4-18(19)21(24)22-20-13-15-8-9-16(20)12-15/h2-7,10-11,15-16,20,23H,8-9,12-13H2,1H3,(H,22,24). The summed E-state index contributed by atoms with van der Waals surface area (Å²) in [4.78, 5) is 13.0. The molecule has 2 aliphatic rings. The zero-order valence-electron chi connectivity index (χ0n) is 15.3. The van der Waals surface area contributed by atoms with Crippen molar-refractivity contribution in [1.82, 2.24) is 5.32 Å². The van der Waals surface area contributed by atoms with E-state index in [0.29, 0.717) is 17.2 Å². The van der Waals surface area contributed by atoms with Crippen LogP contribution in [0.25, 0.3) is 0 Å². The molecule has 0 aliphatic heterocycles. The molecule has 2 fully saturated rings. The van der Waals surface area contributed by atoms with Crippen LogP contribution in [0.2, 0.25) is 0 Å². The van der Waals surface area contributed by atoms with Gasteiger partial charge in [-0.1, -0.05) is 36.2 Å². The Bertz CT molecular complexity index is 954. The van der Waals surface area contributed by atoms with Crippen molar-refractivity contribution in [3.05, 3.63) is 59.7 Å². The Morgan fingerprint density at radius 2 is 1.74 bits per heavy atom. The van der Waals surface area contributed by atoms with Gasteiger partial charge in [0.05, 0.1) is 16.1 Å². The summed E-state index contributed by atoms with van der Waals surface area (Å²) in [5.41, 5.74) is 1.65. The Morgan fingerprint density at radius 3 is 2.41 bits per heavy atom. The summed E-state index contributed by atoms with van der Waals surface area (Å²) in [7, 11) is -3.75. The molecule has 142 valence electrons. The van der Waals surface area contributed by atoms with E-state index in [2.05, 4.69) is 10.0 Å². The van der Waals surface area contributed by atoms with E-state index in [0.717, 1.165) is 17.9 Å². The molecule has 0 heterocycles. The molecule has 3 unspecified atom stereocenters. The van der Waals surface area contributed by atoms with Crippen LogP contribution in [0, 0.1) is 18.8 Å². The lowest BCUT2D eigenvalue weighted by atomic mass is 9.95. The summed E-state index contributed by atoms with van der Waals surface area (Å²) in [6.07, 6.45) is 4.68. The van der Waals surface area contributed by atoms with Gasteiger partial charge in [0.2, 0.25) is 0 Å². The van der Waals surface area contributed by atoms with Gasteiger partial charge in [0, 0.05) is 6.04 Å². The largest absolute Gasteiger partial charge is 0.349 e. The van der Waals surface area contributed by atoms with Crippen molar-refractivity contribution >= 4 is 21.6 Å². The average molecular weight is 385 g/mol. The molecule has 0 aromatic heterocycles. The average Bonchev–Trinajstić information content (AvgIpc) is 3.25. The van der Waals surface area contributed by atoms with Crippen molar-refractivity contribution in [3.63, 3.8) is 0 Å². The number of fused-ring (bicyclic) bond motifs is 2. The molecule has 3 atom stereocenters. The van der Waals surface area contributed by atoms with Gasteiger partial charge in [-0.15, -0.1) is 0 Å². The number of amides is 1. The van der Waals surface area contributed by atoms with Crippen molar-refractivity contribution in [3.8, 4) is 0 Å². The predicted molar refractivity (Wildman–Crippen MR) is 105 cm³/mol. The summed E-state index contributed by atoms with van der Waals surface area (Å²) in [6, 6.07) is 13.6. The first kappa shape index (κ1) is 18.0. The minimum absolute atomic E-state index is 0.177. The third-order valence-corrected chi connectivity index (χ3v) is 7.18. The fourth-order valence-corrected chi connectivity index (χ4v) is 5.44. The van der Waals surface area contributed by atoms with Crippen LogP contribution >= 0.6 is 0 Å². The Kier molecular flexibility index (Phi) is 4.68. The Balaban J connectivity index is 1.54. The van der Waals surface area contributed by atoms with Gasteiger partial charge in [0.15, 0.2) is 0 Å². The van der Waals surface area contributed by atoms with Crippen LogP contribution in [-0.4, -0.2) is 20.4 Å². The van der Waals surface area contributed by atoms with E-state index in [-0.39, 0.29) is 16.8 Å². The molecule has 2 aromatic rings. The maximum Gasteiger partial charge on any atom is 0.261 e. The molecule has 0 saturated heterocycles. The van der Waals surface area contributed by atoms with Gasteiger partial charge < -0.3 is 5.32 Å². The number of sulfonamides is 1. The van der Waals surface area contributed by atoms with Crippen LogP contribution in [0.3, 0.4) is 0 Å². The van der Waals surface area contributed by atoms with Crippen LogP contribution in [0.1, 0.15) is 41.6 Å². The van der Waals surface area contributed by atoms with Gasteiger partial charge in [-0.25, -0.2) is 8.42 Å². The van der Waals surface area contributed by atoms with Gasteiger partial charge in [0.1, 0.15) is 0 Å². The number of carbonyl (C=O) groups is 1. The normalized spacial score (nSPS) is 24.0. The van der Waals surface area contributed by atoms with Crippen LogP contribution in [0.15, 0.2) is 53.4 Å². The van der Waals surface area contributed by atoms with Crippen LogP contribution in [0.4, 0.5) is 5.69 Å². The highest BCUT2D eigenvalue weighted by Gasteiger charge is 2.40. The molecule has 2 N–H and O–H groups in total.